The number of thioether (sulfide) groups is 1. The molecule has 0 aliphatic carbocycles. The van der Waals surface area contributed by atoms with Gasteiger partial charge in [-0.05, 0) is 78.9 Å². The van der Waals surface area contributed by atoms with Gasteiger partial charge in [0, 0.05) is 10.6 Å². The maximum absolute atomic E-state index is 13.4. The first kappa shape index (κ1) is 32.3. The molecule has 43 heavy (non-hydrogen) atoms. The van der Waals surface area contributed by atoms with Gasteiger partial charge in [0.25, 0.3) is 0 Å². The number of rotatable bonds is 14. The van der Waals surface area contributed by atoms with E-state index < -0.39 is 9.84 Å². The minimum atomic E-state index is -3.66. The molecular formula is C32H37NO8S2. The van der Waals surface area contributed by atoms with Crippen LogP contribution in [0.2, 0.25) is 0 Å². The number of nitrogens with zero attached hydrogens (tertiary/aromatic N) is 1. The highest BCUT2D eigenvalue weighted by Crippen LogP contribution is 2.48. The van der Waals surface area contributed by atoms with Crippen LogP contribution in [0, 0.1) is 11.3 Å². The van der Waals surface area contributed by atoms with E-state index in [0.29, 0.717) is 59.1 Å². The van der Waals surface area contributed by atoms with E-state index in [9.17, 15) is 8.42 Å². The van der Waals surface area contributed by atoms with Crippen molar-refractivity contribution in [2.75, 3.05) is 46.6 Å². The number of ether oxygens (including phenoxy) is 6. The zero-order valence-corrected chi connectivity index (χ0v) is 26.7. The summed E-state index contributed by atoms with van der Waals surface area (Å²) in [5, 5.41) is 9.00. The monoisotopic (exact) mass is 627 g/mol. The second-order valence-electron chi connectivity index (χ2n) is 9.85. The van der Waals surface area contributed by atoms with Crippen LogP contribution in [0.1, 0.15) is 55.1 Å². The molecular weight excluding hydrogens is 590 g/mol. The highest BCUT2D eigenvalue weighted by Gasteiger charge is 2.32. The Kier molecular flexibility index (Phi) is 11.1. The summed E-state index contributed by atoms with van der Waals surface area (Å²) in [5.74, 6) is 2.69. The quantitative estimate of drug-likeness (QED) is 0.144. The average Bonchev–Trinajstić information content (AvgIpc) is 3.53. The molecule has 1 aliphatic heterocycles. The van der Waals surface area contributed by atoms with Gasteiger partial charge in [-0.2, -0.15) is 5.26 Å². The molecule has 3 aromatic rings. The number of methoxy groups -OCH3 is 4. The van der Waals surface area contributed by atoms with Gasteiger partial charge in [-0.15, -0.1) is 11.8 Å². The normalized spacial score (nSPS) is 16.4. The van der Waals surface area contributed by atoms with Crippen molar-refractivity contribution in [3.05, 3.63) is 65.2 Å². The first-order valence-corrected chi connectivity index (χ1v) is 16.6. The molecule has 0 saturated carbocycles. The molecule has 0 bridgehead atoms. The molecule has 0 amide bonds. The Hall–Kier alpha value is -3.59. The van der Waals surface area contributed by atoms with Crippen molar-refractivity contribution in [2.45, 2.75) is 48.2 Å². The maximum Gasteiger partial charge on any atom is 0.203 e. The van der Waals surface area contributed by atoms with Crippen LogP contribution in [0.15, 0.2) is 58.3 Å². The third kappa shape index (κ3) is 7.50. The number of sulfone groups is 1. The molecule has 1 heterocycles. The summed E-state index contributed by atoms with van der Waals surface area (Å²) in [6.07, 6.45) is 1.25. The predicted molar refractivity (Wildman–Crippen MR) is 165 cm³/mol. The zero-order valence-electron chi connectivity index (χ0n) is 25.0. The standard InChI is InChI=1S/C32H37NO8S2/c1-6-15-43(34,35)30-19-23(18-29(38-4)32(30)40-13-14-42-24-9-7-21(20-33)8-10-24)26-12-11-25(41-26)22-16-27(36-2)31(39-5)28(17-22)37-3/h7-10,16-19,25-26H,6,11-15H2,1-5H3/t25-,26-/m1/s1. The zero-order chi connectivity index (χ0) is 31.0. The van der Waals surface area contributed by atoms with Crippen molar-refractivity contribution in [2.24, 2.45) is 0 Å². The van der Waals surface area contributed by atoms with Gasteiger partial charge >= 0.3 is 0 Å². The fourth-order valence-electron chi connectivity index (χ4n) is 5.03. The highest BCUT2D eigenvalue weighted by molar-refractivity contribution is 7.99. The molecule has 0 N–H and O–H groups in total. The van der Waals surface area contributed by atoms with Gasteiger partial charge in [0.2, 0.25) is 5.75 Å². The molecule has 1 fully saturated rings. The number of nitriles is 1. The molecule has 0 spiro atoms. The number of benzene rings is 3. The van der Waals surface area contributed by atoms with E-state index in [-0.39, 0.29) is 35.2 Å². The van der Waals surface area contributed by atoms with Gasteiger partial charge in [-0.25, -0.2) is 8.42 Å². The molecule has 230 valence electrons. The van der Waals surface area contributed by atoms with Crippen molar-refractivity contribution < 1.29 is 36.8 Å². The molecule has 11 heteroatoms. The van der Waals surface area contributed by atoms with Crippen LogP contribution in [-0.2, 0) is 14.6 Å². The van der Waals surface area contributed by atoms with Crippen LogP contribution < -0.4 is 23.7 Å². The molecule has 1 aliphatic rings. The molecule has 0 radical (unpaired) electrons. The van der Waals surface area contributed by atoms with Gasteiger partial charge in [-0.3, -0.25) is 0 Å². The van der Waals surface area contributed by atoms with E-state index >= 15 is 0 Å². The predicted octanol–water partition coefficient (Wildman–Crippen LogP) is 6.54. The Balaban J connectivity index is 1.58. The van der Waals surface area contributed by atoms with Crippen LogP contribution in [0.3, 0.4) is 0 Å². The fraction of sp³-hybridized carbons (Fsp3) is 0.406. The summed E-state index contributed by atoms with van der Waals surface area (Å²) in [5.41, 5.74) is 2.18. The van der Waals surface area contributed by atoms with Crippen LogP contribution in [0.25, 0.3) is 0 Å². The minimum Gasteiger partial charge on any atom is -0.493 e. The summed E-state index contributed by atoms with van der Waals surface area (Å²) >= 11 is 1.55. The van der Waals surface area contributed by atoms with E-state index in [1.54, 1.807) is 57.4 Å². The smallest absolute Gasteiger partial charge is 0.203 e. The minimum absolute atomic E-state index is 0.0183. The lowest BCUT2D eigenvalue weighted by molar-refractivity contribution is 0.0435. The molecule has 3 aromatic carbocycles. The Morgan fingerprint density at radius 3 is 1.93 bits per heavy atom. The van der Waals surface area contributed by atoms with Gasteiger partial charge in [0.1, 0.15) is 4.90 Å². The fourth-order valence-corrected chi connectivity index (χ4v) is 7.28. The van der Waals surface area contributed by atoms with E-state index in [1.807, 2.05) is 31.2 Å². The van der Waals surface area contributed by atoms with Crippen LogP contribution in [0.5, 0.6) is 28.7 Å². The SMILES string of the molecule is CCCS(=O)(=O)c1cc([C@H]2CC[C@H](c3cc(OC)c(OC)c(OC)c3)O2)cc(OC)c1OCCSc1ccc(C#N)cc1. The van der Waals surface area contributed by atoms with Gasteiger partial charge in [0.15, 0.2) is 32.8 Å². The lowest BCUT2D eigenvalue weighted by Gasteiger charge is -2.21. The third-order valence-corrected chi connectivity index (χ3v) is 10.00. The Bertz CT molecular complexity index is 1530. The lowest BCUT2D eigenvalue weighted by atomic mass is 10.0. The Morgan fingerprint density at radius 1 is 0.860 bits per heavy atom. The van der Waals surface area contributed by atoms with Crippen LogP contribution in [-0.4, -0.2) is 55.0 Å². The lowest BCUT2D eigenvalue weighted by Crippen LogP contribution is -2.12. The van der Waals surface area contributed by atoms with Crippen molar-refractivity contribution in [3.63, 3.8) is 0 Å². The van der Waals surface area contributed by atoms with E-state index in [0.717, 1.165) is 10.5 Å². The number of hydrogen-bond donors (Lipinski definition) is 0. The van der Waals surface area contributed by atoms with Crippen molar-refractivity contribution in [3.8, 4) is 34.8 Å². The second-order valence-corrected chi connectivity index (χ2v) is 13.1. The second kappa shape index (κ2) is 14.7. The number of hydrogen-bond acceptors (Lipinski definition) is 10. The largest absolute Gasteiger partial charge is 0.493 e. The molecule has 2 atom stereocenters. The molecule has 9 nitrogen and oxygen atoms in total. The third-order valence-electron chi connectivity index (χ3n) is 7.10. The highest BCUT2D eigenvalue weighted by atomic mass is 32.2. The molecule has 1 saturated heterocycles. The van der Waals surface area contributed by atoms with E-state index in [1.165, 1.54) is 7.11 Å². The molecule has 4 rings (SSSR count). The van der Waals surface area contributed by atoms with Gasteiger partial charge in [-0.1, -0.05) is 6.92 Å². The molecule has 0 unspecified atom stereocenters. The van der Waals surface area contributed by atoms with E-state index in [2.05, 4.69) is 6.07 Å². The van der Waals surface area contributed by atoms with Crippen molar-refractivity contribution in [1.29, 1.82) is 5.26 Å². The summed E-state index contributed by atoms with van der Waals surface area (Å²) < 4.78 is 61.6. The summed E-state index contributed by atoms with van der Waals surface area (Å²) in [6, 6.07) is 16.6. The maximum atomic E-state index is 13.4. The van der Waals surface area contributed by atoms with Crippen molar-refractivity contribution in [1.82, 2.24) is 0 Å². The summed E-state index contributed by atoms with van der Waals surface area (Å²) in [6.45, 7) is 2.09. The van der Waals surface area contributed by atoms with Crippen molar-refractivity contribution >= 4 is 21.6 Å². The first-order valence-electron chi connectivity index (χ1n) is 13.9. The topological polar surface area (TPSA) is 113 Å². The Labute approximate surface area is 257 Å². The summed E-state index contributed by atoms with van der Waals surface area (Å²) in [7, 11) is 2.54. The summed E-state index contributed by atoms with van der Waals surface area (Å²) in [4.78, 5) is 1.09. The first-order chi connectivity index (χ1) is 20.8. The van der Waals surface area contributed by atoms with Crippen LogP contribution >= 0.6 is 11.8 Å². The van der Waals surface area contributed by atoms with E-state index in [4.69, 9.17) is 33.7 Å². The van der Waals surface area contributed by atoms with Gasteiger partial charge in [0.05, 0.1) is 64.6 Å². The molecule has 0 aromatic heterocycles. The van der Waals surface area contributed by atoms with Gasteiger partial charge < -0.3 is 28.4 Å². The van der Waals surface area contributed by atoms with Crippen LogP contribution in [0.4, 0.5) is 0 Å². The average molecular weight is 628 g/mol. The Morgan fingerprint density at radius 2 is 1.42 bits per heavy atom.